The van der Waals surface area contributed by atoms with Crippen LogP contribution in [0.25, 0.3) is 0 Å². The number of likely N-dealkylation sites (tertiary alicyclic amines) is 1. The van der Waals surface area contributed by atoms with Crippen LogP contribution in [0.5, 0.6) is 0 Å². The summed E-state index contributed by atoms with van der Waals surface area (Å²) in [5.41, 5.74) is 1.45. The second-order valence-electron chi connectivity index (χ2n) is 10.5. The maximum Gasteiger partial charge on any atom is 0.290 e. The van der Waals surface area contributed by atoms with Gasteiger partial charge in [0.1, 0.15) is 0 Å². The summed E-state index contributed by atoms with van der Waals surface area (Å²) < 4.78 is 0. The van der Waals surface area contributed by atoms with Crippen molar-refractivity contribution in [2.45, 2.75) is 71.3 Å². The number of hydrogen-bond acceptors (Lipinski definition) is 5. The van der Waals surface area contributed by atoms with Crippen molar-refractivity contribution >= 4 is 29.2 Å². The number of carbonyl (C=O) groups is 5. The molecule has 3 atom stereocenters. The first-order valence-electron chi connectivity index (χ1n) is 14.1. The molecular weight excluding hydrogens is 492 g/mol. The molecule has 7 nitrogen and oxygen atoms in total. The number of amides is 2. The Balaban J connectivity index is 1.67. The molecule has 0 saturated carbocycles. The number of nitrogens with zero attached hydrogens (tertiary/aromatic N) is 1. The normalized spacial score (nSPS) is 15.3. The second kappa shape index (κ2) is 15.1. The van der Waals surface area contributed by atoms with E-state index < -0.39 is 29.6 Å². The van der Waals surface area contributed by atoms with Crippen LogP contribution in [0, 0.1) is 11.8 Å². The van der Waals surface area contributed by atoms with E-state index in [1.165, 1.54) is 0 Å². The molecule has 3 rings (SSSR count). The molecule has 2 aromatic rings. The fourth-order valence-electron chi connectivity index (χ4n) is 4.98. The van der Waals surface area contributed by atoms with Crippen LogP contribution in [0.15, 0.2) is 60.7 Å². The lowest BCUT2D eigenvalue weighted by Gasteiger charge is -2.22. The molecule has 208 valence electrons. The van der Waals surface area contributed by atoms with E-state index in [1.807, 2.05) is 43.3 Å². The van der Waals surface area contributed by atoms with Gasteiger partial charge < -0.3 is 10.2 Å². The molecule has 39 heavy (non-hydrogen) atoms. The summed E-state index contributed by atoms with van der Waals surface area (Å²) in [7, 11) is 0. The molecule has 1 saturated heterocycles. The maximum atomic E-state index is 13.4. The van der Waals surface area contributed by atoms with Crippen LogP contribution in [0.2, 0.25) is 0 Å². The Morgan fingerprint density at radius 1 is 0.846 bits per heavy atom. The molecular formula is C32H40N2O5. The van der Waals surface area contributed by atoms with Crippen LogP contribution in [0.1, 0.15) is 74.7 Å². The van der Waals surface area contributed by atoms with Gasteiger partial charge in [-0.3, -0.25) is 24.0 Å². The van der Waals surface area contributed by atoms with E-state index in [-0.39, 0.29) is 30.3 Å². The van der Waals surface area contributed by atoms with Gasteiger partial charge in [0.05, 0.1) is 6.04 Å². The number of Topliss-reactive ketones (excluding diaryl/α,β-unsaturated/α-hetero) is 3. The van der Waals surface area contributed by atoms with Crippen LogP contribution in [-0.2, 0) is 25.6 Å². The van der Waals surface area contributed by atoms with Crippen molar-refractivity contribution in [3.63, 3.8) is 0 Å². The van der Waals surface area contributed by atoms with Gasteiger partial charge in [-0.25, -0.2) is 0 Å². The van der Waals surface area contributed by atoms with E-state index in [4.69, 9.17) is 0 Å². The molecule has 1 N–H and O–H groups in total. The van der Waals surface area contributed by atoms with Gasteiger partial charge in [-0.1, -0.05) is 80.4 Å². The summed E-state index contributed by atoms with van der Waals surface area (Å²) in [6, 6.07) is 17.5. The quantitative estimate of drug-likeness (QED) is 0.267. The first kappa shape index (κ1) is 29.9. The molecule has 1 aliphatic rings. The monoisotopic (exact) mass is 532 g/mol. The third-order valence-corrected chi connectivity index (χ3v) is 7.39. The predicted octanol–water partition coefficient (Wildman–Crippen LogP) is 4.58. The highest BCUT2D eigenvalue weighted by atomic mass is 16.2. The lowest BCUT2D eigenvalue weighted by Crippen LogP contribution is -2.44. The number of rotatable bonds is 15. The van der Waals surface area contributed by atoms with Crippen LogP contribution in [-0.4, -0.2) is 53.2 Å². The summed E-state index contributed by atoms with van der Waals surface area (Å²) in [5.74, 6) is -3.17. The largest absolute Gasteiger partial charge is 0.346 e. The molecule has 1 fully saturated rings. The number of ketones is 3. The van der Waals surface area contributed by atoms with Gasteiger partial charge in [0.2, 0.25) is 11.7 Å². The van der Waals surface area contributed by atoms with E-state index in [0.717, 1.165) is 31.2 Å². The van der Waals surface area contributed by atoms with E-state index >= 15 is 0 Å². The smallest absolute Gasteiger partial charge is 0.290 e. The number of benzene rings is 2. The lowest BCUT2D eigenvalue weighted by molar-refractivity contribution is -0.147. The van der Waals surface area contributed by atoms with Gasteiger partial charge in [-0.05, 0) is 38.2 Å². The number of nitrogens with one attached hydrogen (secondary N) is 1. The van der Waals surface area contributed by atoms with Crippen molar-refractivity contribution in [3.8, 4) is 0 Å². The van der Waals surface area contributed by atoms with Crippen molar-refractivity contribution in [2.75, 3.05) is 13.1 Å². The Bertz CT molecular complexity index is 1130. The van der Waals surface area contributed by atoms with E-state index in [2.05, 4.69) is 5.32 Å². The third-order valence-electron chi connectivity index (χ3n) is 7.39. The predicted molar refractivity (Wildman–Crippen MR) is 150 cm³/mol. The summed E-state index contributed by atoms with van der Waals surface area (Å²) in [5, 5.41) is 2.79. The lowest BCUT2D eigenvalue weighted by atomic mass is 9.88. The molecule has 0 bridgehead atoms. The molecule has 0 radical (unpaired) electrons. The SMILES string of the molecule is CCCCC(CC(=O)[C@H](C)NC(=O)[C@@H](CC(=O)c1ccccc1)Cc1ccccc1)C(=O)C(=O)N1CCCC1. The zero-order chi connectivity index (χ0) is 28.2. The van der Waals surface area contributed by atoms with Crippen molar-refractivity contribution in [2.24, 2.45) is 11.8 Å². The molecule has 1 heterocycles. The fraction of sp³-hybridized carbons (Fsp3) is 0.469. The Morgan fingerprint density at radius 3 is 2.08 bits per heavy atom. The Hall–Kier alpha value is -3.61. The summed E-state index contributed by atoms with van der Waals surface area (Å²) in [6.07, 6.45) is 4.09. The van der Waals surface area contributed by atoms with Crippen molar-refractivity contribution in [3.05, 3.63) is 71.8 Å². The van der Waals surface area contributed by atoms with Gasteiger partial charge in [-0.15, -0.1) is 0 Å². The zero-order valence-electron chi connectivity index (χ0n) is 23.1. The zero-order valence-corrected chi connectivity index (χ0v) is 23.1. The molecule has 7 heteroatoms. The maximum absolute atomic E-state index is 13.4. The van der Waals surface area contributed by atoms with Crippen LogP contribution in [0.4, 0.5) is 0 Å². The van der Waals surface area contributed by atoms with E-state index in [1.54, 1.807) is 36.1 Å². The van der Waals surface area contributed by atoms with Gasteiger partial charge in [0.15, 0.2) is 11.6 Å². The van der Waals surface area contributed by atoms with Gasteiger partial charge in [-0.2, -0.15) is 0 Å². The van der Waals surface area contributed by atoms with Crippen LogP contribution < -0.4 is 5.32 Å². The fourth-order valence-corrected chi connectivity index (χ4v) is 4.98. The third kappa shape index (κ3) is 8.98. The highest BCUT2D eigenvalue weighted by molar-refractivity contribution is 6.37. The van der Waals surface area contributed by atoms with Crippen LogP contribution in [0.3, 0.4) is 0 Å². The molecule has 0 aromatic heterocycles. The van der Waals surface area contributed by atoms with Gasteiger partial charge in [0.25, 0.3) is 5.91 Å². The Morgan fingerprint density at radius 2 is 1.46 bits per heavy atom. The van der Waals surface area contributed by atoms with Crippen molar-refractivity contribution < 1.29 is 24.0 Å². The van der Waals surface area contributed by atoms with Crippen molar-refractivity contribution in [1.29, 1.82) is 0 Å². The second-order valence-corrected chi connectivity index (χ2v) is 10.5. The Labute approximate surface area is 231 Å². The molecule has 0 aliphatic carbocycles. The van der Waals surface area contributed by atoms with Gasteiger partial charge >= 0.3 is 0 Å². The average molecular weight is 533 g/mol. The topological polar surface area (TPSA) is 101 Å². The first-order valence-corrected chi connectivity index (χ1v) is 14.1. The summed E-state index contributed by atoms with van der Waals surface area (Å²) in [4.78, 5) is 66.8. The molecule has 0 spiro atoms. The van der Waals surface area contributed by atoms with E-state index in [0.29, 0.717) is 31.5 Å². The minimum absolute atomic E-state index is 0.00754. The molecule has 1 aliphatic heterocycles. The minimum Gasteiger partial charge on any atom is -0.346 e. The minimum atomic E-state index is -0.846. The summed E-state index contributed by atoms with van der Waals surface area (Å²) in [6.45, 7) is 4.76. The summed E-state index contributed by atoms with van der Waals surface area (Å²) >= 11 is 0. The first-order chi connectivity index (χ1) is 18.8. The average Bonchev–Trinajstić information content (AvgIpc) is 3.50. The number of unbranched alkanes of at least 4 members (excludes halogenated alkanes) is 1. The standard InChI is InChI=1S/C32H40N2O5/c1-3-4-15-26(30(37)32(39)34-18-11-12-19-34)21-28(35)23(2)33-31(38)27(20-24-13-7-5-8-14-24)22-29(36)25-16-9-6-10-17-25/h5-10,13-14,16-17,23,26-27H,3-4,11-12,15,18-22H2,1-2H3,(H,33,38)/t23-,26?,27+/m0/s1. The van der Waals surface area contributed by atoms with Crippen LogP contribution >= 0.6 is 0 Å². The highest BCUT2D eigenvalue weighted by Crippen LogP contribution is 2.20. The molecule has 2 aromatic carbocycles. The number of hydrogen-bond donors (Lipinski definition) is 1. The van der Waals surface area contributed by atoms with Crippen molar-refractivity contribution in [1.82, 2.24) is 10.2 Å². The highest BCUT2D eigenvalue weighted by Gasteiger charge is 2.33. The van der Waals surface area contributed by atoms with Gasteiger partial charge in [0, 0.05) is 43.3 Å². The molecule has 1 unspecified atom stereocenters. The van der Waals surface area contributed by atoms with E-state index in [9.17, 15) is 24.0 Å². The Kier molecular flexibility index (Phi) is 11.6. The number of carbonyl (C=O) groups excluding carboxylic acids is 5. The molecule has 2 amide bonds.